The molecule has 0 saturated carbocycles. The number of nitrogens with one attached hydrogen (secondary N) is 2. The van der Waals surface area contributed by atoms with E-state index in [0.717, 1.165) is 29.3 Å². The fourth-order valence-corrected chi connectivity index (χ4v) is 6.19. The molecule has 1 atom stereocenters. The summed E-state index contributed by atoms with van der Waals surface area (Å²) in [4.78, 5) is 27.6. The molecule has 2 aromatic heterocycles. The lowest BCUT2D eigenvalue weighted by atomic mass is 9.72. The molecule has 3 aromatic rings. The van der Waals surface area contributed by atoms with Crippen LogP contribution in [-0.4, -0.2) is 11.8 Å². The van der Waals surface area contributed by atoms with Gasteiger partial charge in [-0.15, -0.1) is 22.7 Å². The van der Waals surface area contributed by atoms with E-state index < -0.39 is 17.6 Å². The van der Waals surface area contributed by atoms with Crippen molar-refractivity contribution in [3.63, 3.8) is 0 Å². The van der Waals surface area contributed by atoms with Crippen LogP contribution in [0.25, 0.3) is 0 Å². The number of hydrogen-bond acceptors (Lipinski definition) is 4. The lowest BCUT2D eigenvalue weighted by Gasteiger charge is -2.33. The van der Waals surface area contributed by atoms with Crippen molar-refractivity contribution < 1.29 is 22.8 Å². The number of carbonyl (C=O) groups excluding carboxylic acids is 2. The minimum absolute atomic E-state index is 0.0795. The van der Waals surface area contributed by atoms with Crippen molar-refractivity contribution in [2.75, 3.05) is 10.6 Å². The molecule has 0 radical (unpaired) electrons. The molecule has 34 heavy (non-hydrogen) atoms. The van der Waals surface area contributed by atoms with E-state index in [1.807, 2.05) is 0 Å². The molecular weight excluding hydrogens is 481 g/mol. The largest absolute Gasteiger partial charge is 0.418 e. The van der Waals surface area contributed by atoms with Crippen LogP contribution in [0.15, 0.2) is 41.8 Å². The van der Waals surface area contributed by atoms with E-state index >= 15 is 0 Å². The summed E-state index contributed by atoms with van der Waals surface area (Å²) >= 11 is 2.62. The van der Waals surface area contributed by atoms with Gasteiger partial charge in [-0.3, -0.25) is 9.59 Å². The molecule has 1 aromatic carbocycles. The maximum absolute atomic E-state index is 13.5. The lowest BCUT2D eigenvalue weighted by Crippen LogP contribution is -2.27. The first kappa shape index (κ1) is 24.5. The van der Waals surface area contributed by atoms with Gasteiger partial charge in [0.15, 0.2) is 0 Å². The molecule has 180 valence electrons. The number of anilines is 2. The van der Waals surface area contributed by atoms with Gasteiger partial charge >= 0.3 is 6.18 Å². The summed E-state index contributed by atoms with van der Waals surface area (Å²) in [6, 6.07) is 8.34. The Bertz CT molecular complexity index is 1210. The zero-order chi connectivity index (χ0) is 24.7. The third kappa shape index (κ3) is 5.05. The maximum Gasteiger partial charge on any atom is 0.418 e. The number of halogens is 3. The Morgan fingerprint density at radius 2 is 1.74 bits per heavy atom. The fourth-order valence-electron chi connectivity index (χ4n) is 4.25. The van der Waals surface area contributed by atoms with E-state index in [9.17, 15) is 22.8 Å². The molecule has 0 fully saturated rings. The van der Waals surface area contributed by atoms with E-state index in [0.29, 0.717) is 22.2 Å². The molecule has 2 amide bonds. The van der Waals surface area contributed by atoms with Crippen molar-refractivity contribution in [3.8, 4) is 0 Å². The molecular formula is C25H25F3N2O2S2. The summed E-state index contributed by atoms with van der Waals surface area (Å²) in [5.41, 5.74) is -0.0673. The normalized spacial score (nSPS) is 16.1. The second-order valence-corrected chi connectivity index (χ2v) is 11.5. The number of rotatable bonds is 4. The highest BCUT2D eigenvalue weighted by molar-refractivity contribution is 7.17. The lowest BCUT2D eigenvalue weighted by molar-refractivity contribution is -0.136. The van der Waals surface area contributed by atoms with E-state index in [1.54, 1.807) is 17.5 Å². The van der Waals surface area contributed by atoms with Gasteiger partial charge < -0.3 is 10.6 Å². The first-order valence-electron chi connectivity index (χ1n) is 10.9. The highest BCUT2D eigenvalue weighted by Gasteiger charge is 2.36. The van der Waals surface area contributed by atoms with Crippen LogP contribution in [0.3, 0.4) is 0 Å². The highest BCUT2D eigenvalue weighted by Crippen LogP contribution is 2.45. The van der Waals surface area contributed by atoms with E-state index in [4.69, 9.17) is 0 Å². The average Bonchev–Trinajstić information content (AvgIpc) is 3.40. The summed E-state index contributed by atoms with van der Waals surface area (Å²) < 4.78 is 40.4. The Labute approximate surface area is 204 Å². The van der Waals surface area contributed by atoms with Gasteiger partial charge in [-0.25, -0.2) is 0 Å². The molecule has 2 heterocycles. The Morgan fingerprint density at radius 1 is 1.00 bits per heavy atom. The molecule has 1 aliphatic carbocycles. The van der Waals surface area contributed by atoms with Crippen LogP contribution in [0.2, 0.25) is 0 Å². The predicted molar refractivity (Wildman–Crippen MR) is 131 cm³/mol. The second kappa shape index (κ2) is 9.19. The number of carbonyl (C=O) groups is 2. The minimum Gasteiger partial charge on any atom is -0.321 e. The van der Waals surface area contributed by atoms with Gasteiger partial charge in [-0.1, -0.05) is 39.0 Å². The van der Waals surface area contributed by atoms with E-state index in [2.05, 4.69) is 31.4 Å². The van der Waals surface area contributed by atoms with E-state index in [-0.39, 0.29) is 22.6 Å². The molecule has 0 aliphatic heterocycles. The second-order valence-electron chi connectivity index (χ2n) is 9.44. The predicted octanol–water partition coefficient (Wildman–Crippen LogP) is 7.48. The Morgan fingerprint density at radius 3 is 2.38 bits per heavy atom. The van der Waals surface area contributed by atoms with Gasteiger partial charge in [0, 0.05) is 4.88 Å². The van der Waals surface area contributed by atoms with Crippen LogP contribution in [0.5, 0.6) is 0 Å². The Kier molecular flexibility index (Phi) is 6.61. The molecule has 1 aliphatic rings. The van der Waals surface area contributed by atoms with Crippen LogP contribution in [0.4, 0.5) is 23.9 Å². The van der Waals surface area contributed by atoms with Gasteiger partial charge in [0.2, 0.25) is 0 Å². The summed E-state index contributed by atoms with van der Waals surface area (Å²) in [6.07, 6.45) is -2.34. The first-order valence-corrected chi connectivity index (χ1v) is 12.6. The van der Waals surface area contributed by atoms with Crippen molar-refractivity contribution in [2.24, 2.45) is 11.3 Å². The number of para-hydroxylation sites is 1. The fraction of sp³-hybridized carbons (Fsp3) is 0.360. The van der Waals surface area contributed by atoms with Gasteiger partial charge in [0.25, 0.3) is 11.8 Å². The molecule has 4 rings (SSSR count). The average molecular weight is 507 g/mol. The number of benzene rings is 1. The summed E-state index contributed by atoms with van der Waals surface area (Å²) in [5, 5.41) is 7.46. The molecule has 2 N–H and O–H groups in total. The van der Waals surface area contributed by atoms with Crippen LogP contribution in [0.1, 0.15) is 63.2 Å². The Balaban J connectivity index is 1.71. The monoisotopic (exact) mass is 506 g/mol. The molecule has 4 nitrogen and oxygen atoms in total. The molecule has 9 heteroatoms. The topological polar surface area (TPSA) is 58.2 Å². The van der Waals surface area contributed by atoms with Crippen LogP contribution in [-0.2, 0) is 19.0 Å². The number of thiophene rings is 2. The third-order valence-corrected chi connectivity index (χ3v) is 8.21. The SMILES string of the molecule is CC(C)(C)C1CCc2c(sc(NC(=O)c3cccs3)c2C(=O)Nc2ccccc2C(F)(F)F)C1. The van der Waals surface area contributed by atoms with Gasteiger partial charge in [0.1, 0.15) is 5.00 Å². The number of alkyl halides is 3. The molecule has 1 unspecified atom stereocenters. The van der Waals surface area contributed by atoms with Crippen molar-refractivity contribution in [1.29, 1.82) is 0 Å². The third-order valence-electron chi connectivity index (χ3n) is 6.17. The first-order chi connectivity index (χ1) is 15.9. The molecule has 0 bridgehead atoms. The Hall–Kier alpha value is -2.65. The zero-order valence-corrected chi connectivity index (χ0v) is 20.6. The van der Waals surface area contributed by atoms with E-state index in [1.165, 1.54) is 40.9 Å². The van der Waals surface area contributed by atoms with Gasteiger partial charge in [-0.05, 0) is 59.7 Å². The summed E-state index contributed by atoms with van der Waals surface area (Å²) in [7, 11) is 0. The van der Waals surface area contributed by atoms with Crippen molar-refractivity contribution in [2.45, 2.75) is 46.2 Å². The van der Waals surface area contributed by atoms with Crippen LogP contribution >= 0.6 is 22.7 Å². The van der Waals surface area contributed by atoms with Crippen molar-refractivity contribution in [1.82, 2.24) is 0 Å². The van der Waals surface area contributed by atoms with Crippen LogP contribution in [0, 0.1) is 11.3 Å². The van der Waals surface area contributed by atoms with Gasteiger partial charge in [0.05, 0.1) is 21.7 Å². The standard InChI is InChI=1S/C25H25F3N2O2S2/c1-24(2,3)14-10-11-15-19(13-14)34-23(30-21(31)18-9-6-12-33-18)20(15)22(32)29-17-8-5-4-7-16(17)25(26,27)28/h4-9,12,14H,10-11,13H2,1-3H3,(H,29,32)(H,30,31). The van der Waals surface area contributed by atoms with Crippen molar-refractivity contribution in [3.05, 3.63) is 68.2 Å². The van der Waals surface area contributed by atoms with Gasteiger partial charge in [-0.2, -0.15) is 13.2 Å². The number of amides is 2. The molecule has 0 spiro atoms. The minimum atomic E-state index is -4.60. The smallest absolute Gasteiger partial charge is 0.321 e. The summed E-state index contributed by atoms with van der Waals surface area (Å²) in [5.74, 6) is -0.586. The molecule has 0 saturated heterocycles. The highest BCUT2D eigenvalue weighted by atomic mass is 32.1. The van der Waals surface area contributed by atoms with Crippen molar-refractivity contribution >= 4 is 45.2 Å². The zero-order valence-electron chi connectivity index (χ0n) is 19.0. The summed E-state index contributed by atoms with van der Waals surface area (Å²) in [6.45, 7) is 6.53. The maximum atomic E-state index is 13.5. The van der Waals surface area contributed by atoms with Crippen LogP contribution < -0.4 is 10.6 Å². The quantitative estimate of drug-likeness (QED) is 0.385. The number of fused-ring (bicyclic) bond motifs is 1. The number of hydrogen-bond donors (Lipinski definition) is 2.